The van der Waals surface area contributed by atoms with Crippen LogP contribution in [0.3, 0.4) is 0 Å². The number of imidazole rings is 1. The SMILES string of the molecule is C[C@@H]1CC=Nc2cnc3cccc1n23. The van der Waals surface area contributed by atoms with Gasteiger partial charge in [-0.25, -0.2) is 9.98 Å². The minimum Gasteiger partial charge on any atom is -0.281 e. The zero-order valence-corrected chi connectivity index (χ0v) is 8.01. The summed E-state index contributed by atoms with van der Waals surface area (Å²) in [7, 11) is 0. The Morgan fingerprint density at radius 3 is 3.29 bits per heavy atom. The molecule has 1 aliphatic rings. The van der Waals surface area contributed by atoms with Crippen LogP contribution in [0.25, 0.3) is 5.65 Å². The molecular formula is C11H11N3. The number of aliphatic imine (C=N–C) groups is 1. The Balaban J connectivity index is 2.46. The van der Waals surface area contributed by atoms with E-state index in [9.17, 15) is 0 Å². The molecule has 2 aromatic heterocycles. The first-order chi connectivity index (χ1) is 6.86. The van der Waals surface area contributed by atoms with Crippen LogP contribution in [-0.2, 0) is 0 Å². The summed E-state index contributed by atoms with van der Waals surface area (Å²) in [6, 6.07) is 6.22. The van der Waals surface area contributed by atoms with Gasteiger partial charge in [-0.3, -0.25) is 4.40 Å². The first-order valence-electron chi connectivity index (χ1n) is 4.85. The van der Waals surface area contributed by atoms with E-state index in [1.807, 2.05) is 18.5 Å². The molecule has 0 saturated carbocycles. The van der Waals surface area contributed by atoms with Crippen LogP contribution in [0.15, 0.2) is 29.4 Å². The van der Waals surface area contributed by atoms with Gasteiger partial charge in [0.15, 0.2) is 5.82 Å². The molecule has 3 rings (SSSR count). The van der Waals surface area contributed by atoms with Gasteiger partial charge in [0.25, 0.3) is 0 Å². The van der Waals surface area contributed by atoms with Crippen LogP contribution < -0.4 is 0 Å². The van der Waals surface area contributed by atoms with Crippen LogP contribution in [-0.4, -0.2) is 15.6 Å². The minimum atomic E-state index is 0.512. The summed E-state index contributed by atoms with van der Waals surface area (Å²) < 4.78 is 2.13. The van der Waals surface area contributed by atoms with Crippen LogP contribution in [0.1, 0.15) is 25.0 Å². The highest BCUT2D eigenvalue weighted by Crippen LogP contribution is 2.27. The lowest BCUT2D eigenvalue weighted by molar-refractivity contribution is 0.770. The molecule has 3 heterocycles. The molecule has 0 saturated heterocycles. The average Bonchev–Trinajstić information content (AvgIpc) is 2.53. The van der Waals surface area contributed by atoms with Crippen molar-refractivity contribution in [1.82, 2.24) is 9.38 Å². The van der Waals surface area contributed by atoms with Gasteiger partial charge in [0, 0.05) is 17.8 Å². The van der Waals surface area contributed by atoms with E-state index in [0.29, 0.717) is 5.92 Å². The van der Waals surface area contributed by atoms with Crippen molar-refractivity contribution < 1.29 is 0 Å². The maximum Gasteiger partial charge on any atom is 0.156 e. The fourth-order valence-electron chi connectivity index (χ4n) is 1.95. The highest BCUT2D eigenvalue weighted by molar-refractivity contribution is 5.66. The summed E-state index contributed by atoms with van der Waals surface area (Å²) in [5.41, 5.74) is 2.29. The number of aromatic nitrogens is 2. The zero-order valence-electron chi connectivity index (χ0n) is 8.01. The van der Waals surface area contributed by atoms with E-state index in [-0.39, 0.29) is 0 Å². The Morgan fingerprint density at radius 1 is 1.43 bits per heavy atom. The van der Waals surface area contributed by atoms with Gasteiger partial charge in [0.05, 0.1) is 6.20 Å². The average molecular weight is 185 g/mol. The summed E-state index contributed by atoms with van der Waals surface area (Å²) in [5.74, 6) is 1.46. The molecule has 2 aromatic rings. The lowest BCUT2D eigenvalue weighted by Gasteiger charge is -2.09. The minimum absolute atomic E-state index is 0.512. The fraction of sp³-hybridized carbons (Fsp3) is 0.273. The predicted octanol–water partition coefficient (Wildman–Crippen LogP) is 2.54. The van der Waals surface area contributed by atoms with E-state index in [0.717, 1.165) is 17.9 Å². The summed E-state index contributed by atoms with van der Waals surface area (Å²) in [6.07, 6.45) is 4.81. The number of pyridine rings is 1. The molecule has 0 unspecified atom stereocenters. The molecule has 0 spiro atoms. The van der Waals surface area contributed by atoms with Crippen molar-refractivity contribution in [1.29, 1.82) is 0 Å². The molecule has 0 aromatic carbocycles. The third-order valence-electron chi connectivity index (χ3n) is 2.73. The number of rotatable bonds is 0. The molecule has 14 heavy (non-hydrogen) atoms. The van der Waals surface area contributed by atoms with E-state index in [2.05, 4.69) is 33.4 Å². The highest BCUT2D eigenvalue weighted by atomic mass is 15.1. The summed E-state index contributed by atoms with van der Waals surface area (Å²) >= 11 is 0. The number of hydrogen-bond donors (Lipinski definition) is 0. The Hall–Kier alpha value is -1.64. The fourth-order valence-corrected chi connectivity index (χ4v) is 1.95. The van der Waals surface area contributed by atoms with Gasteiger partial charge in [-0.15, -0.1) is 0 Å². The Morgan fingerprint density at radius 2 is 2.36 bits per heavy atom. The molecule has 0 radical (unpaired) electrons. The second-order valence-electron chi connectivity index (χ2n) is 3.71. The van der Waals surface area contributed by atoms with Crippen LogP contribution in [0.2, 0.25) is 0 Å². The standard InChI is InChI=1S/C11H11N3/c1-8-5-6-12-11-7-13-10-4-2-3-9(8)14(10)11/h2-4,6-8H,5H2,1H3/t8-/m1/s1. The molecular weight excluding hydrogens is 174 g/mol. The monoisotopic (exact) mass is 185 g/mol. The van der Waals surface area contributed by atoms with E-state index in [4.69, 9.17) is 0 Å². The smallest absolute Gasteiger partial charge is 0.156 e. The predicted molar refractivity (Wildman–Crippen MR) is 56.4 cm³/mol. The second kappa shape index (κ2) is 2.67. The Labute approximate surface area is 82.1 Å². The molecule has 1 atom stereocenters. The second-order valence-corrected chi connectivity index (χ2v) is 3.71. The normalized spacial score (nSPS) is 19.9. The van der Waals surface area contributed by atoms with Gasteiger partial charge in [-0.05, 0) is 18.6 Å². The van der Waals surface area contributed by atoms with Crippen molar-refractivity contribution in [3.8, 4) is 0 Å². The van der Waals surface area contributed by atoms with Crippen molar-refractivity contribution in [3.63, 3.8) is 0 Å². The van der Waals surface area contributed by atoms with Gasteiger partial charge in [0.1, 0.15) is 5.65 Å². The van der Waals surface area contributed by atoms with Gasteiger partial charge in [-0.2, -0.15) is 0 Å². The molecule has 0 amide bonds. The van der Waals surface area contributed by atoms with E-state index in [1.165, 1.54) is 5.69 Å². The molecule has 70 valence electrons. The first-order valence-corrected chi connectivity index (χ1v) is 4.85. The lowest BCUT2D eigenvalue weighted by Crippen LogP contribution is -1.99. The van der Waals surface area contributed by atoms with Gasteiger partial charge >= 0.3 is 0 Å². The van der Waals surface area contributed by atoms with Crippen LogP contribution in [0.5, 0.6) is 0 Å². The van der Waals surface area contributed by atoms with Gasteiger partial charge < -0.3 is 0 Å². The largest absolute Gasteiger partial charge is 0.281 e. The lowest BCUT2D eigenvalue weighted by atomic mass is 10.0. The Bertz CT molecular complexity index is 510. The number of hydrogen-bond acceptors (Lipinski definition) is 2. The molecule has 3 heteroatoms. The van der Waals surface area contributed by atoms with Gasteiger partial charge in [-0.1, -0.05) is 13.0 Å². The Kier molecular flexibility index (Phi) is 1.48. The van der Waals surface area contributed by atoms with Crippen molar-refractivity contribution in [2.24, 2.45) is 4.99 Å². The number of nitrogens with zero attached hydrogens (tertiary/aromatic N) is 3. The first kappa shape index (κ1) is 7.74. The maximum atomic E-state index is 4.39. The topological polar surface area (TPSA) is 29.7 Å². The maximum absolute atomic E-state index is 4.39. The third-order valence-corrected chi connectivity index (χ3v) is 2.73. The van der Waals surface area contributed by atoms with E-state index < -0.39 is 0 Å². The summed E-state index contributed by atoms with van der Waals surface area (Å²) in [6.45, 7) is 2.22. The quantitative estimate of drug-likeness (QED) is 0.620. The third kappa shape index (κ3) is 0.923. The molecule has 0 bridgehead atoms. The van der Waals surface area contributed by atoms with Crippen molar-refractivity contribution in [3.05, 3.63) is 30.1 Å². The molecule has 0 fully saturated rings. The highest BCUT2D eigenvalue weighted by Gasteiger charge is 2.14. The molecule has 0 aliphatic carbocycles. The zero-order chi connectivity index (χ0) is 9.54. The summed E-state index contributed by atoms with van der Waals surface area (Å²) in [5, 5.41) is 0. The van der Waals surface area contributed by atoms with E-state index >= 15 is 0 Å². The van der Waals surface area contributed by atoms with Crippen molar-refractivity contribution in [2.45, 2.75) is 19.3 Å². The van der Waals surface area contributed by atoms with Crippen LogP contribution in [0.4, 0.5) is 5.82 Å². The summed E-state index contributed by atoms with van der Waals surface area (Å²) in [4.78, 5) is 8.71. The van der Waals surface area contributed by atoms with Crippen molar-refractivity contribution in [2.75, 3.05) is 0 Å². The molecule has 0 N–H and O–H groups in total. The molecule has 1 aliphatic heterocycles. The van der Waals surface area contributed by atoms with Gasteiger partial charge in [0.2, 0.25) is 0 Å². The van der Waals surface area contributed by atoms with Crippen LogP contribution >= 0.6 is 0 Å². The van der Waals surface area contributed by atoms with E-state index in [1.54, 1.807) is 0 Å². The van der Waals surface area contributed by atoms with Crippen molar-refractivity contribution >= 4 is 17.7 Å². The van der Waals surface area contributed by atoms with Crippen LogP contribution in [0, 0.1) is 0 Å². The molecule has 3 nitrogen and oxygen atoms in total.